The minimum atomic E-state index is 0.331. The van der Waals surface area contributed by atoms with Crippen LogP contribution in [0.5, 0.6) is 0 Å². The van der Waals surface area contributed by atoms with Crippen LogP contribution in [0.2, 0.25) is 0 Å². The Balaban J connectivity index is 3.06. The molecule has 0 aliphatic carbocycles. The largest absolute Gasteiger partial charge is 0.308 e. The fourth-order valence-corrected chi connectivity index (χ4v) is 0.924. The third-order valence-corrected chi connectivity index (χ3v) is 1.54. The van der Waals surface area contributed by atoms with Crippen LogP contribution in [0, 0.1) is 6.92 Å². The Morgan fingerprint density at radius 2 is 2.08 bits per heavy atom. The van der Waals surface area contributed by atoms with Gasteiger partial charge in [-0.15, -0.1) is 0 Å². The number of rotatable bonds is 2. The number of nitrogen functional groups attached to an aromatic ring is 1. The molecule has 0 atom stereocenters. The Morgan fingerprint density at radius 3 is 2.58 bits per heavy atom. The van der Waals surface area contributed by atoms with E-state index in [9.17, 15) is 0 Å². The van der Waals surface area contributed by atoms with Gasteiger partial charge in [-0.05, 0) is 6.92 Å². The molecule has 0 fully saturated rings. The van der Waals surface area contributed by atoms with Crippen molar-refractivity contribution in [3.8, 4) is 0 Å². The molecule has 0 saturated heterocycles. The highest BCUT2D eigenvalue weighted by molar-refractivity contribution is 5.34. The molecule has 1 rings (SSSR count). The predicted octanol–water partition coefficient (Wildman–Crippen LogP) is 1.19. The first-order valence-electron chi connectivity index (χ1n) is 3.95. The van der Waals surface area contributed by atoms with Crippen LogP contribution >= 0.6 is 0 Å². The number of nitrogens with two attached hydrogens (primary N) is 1. The van der Waals surface area contributed by atoms with Gasteiger partial charge in [0.25, 0.3) is 0 Å². The van der Waals surface area contributed by atoms with E-state index in [1.165, 1.54) is 0 Å². The average Bonchev–Trinajstić information content (AvgIpc) is 2.03. The molecular formula is C8H14N4. The van der Waals surface area contributed by atoms with Crippen LogP contribution in [0.3, 0.4) is 0 Å². The van der Waals surface area contributed by atoms with Crippen LogP contribution in [0.15, 0.2) is 6.07 Å². The maximum atomic E-state index is 5.25. The Hall–Kier alpha value is -1.16. The van der Waals surface area contributed by atoms with Gasteiger partial charge in [0.15, 0.2) is 0 Å². The van der Waals surface area contributed by atoms with E-state index in [-0.39, 0.29) is 0 Å². The fraction of sp³-hybridized carbons (Fsp3) is 0.500. The Labute approximate surface area is 72.2 Å². The van der Waals surface area contributed by atoms with Crippen LogP contribution in [0.4, 0.5) is 5.82 Å². The first kappa shape index (κ1) is 8.93. The van der Waals surface area contributed by atoms with E-state index in [1.807, 2.05) is 13.0 Å². The van der Waals surface area contributed by atoms with Gasteiger partial charge < -0.3 is 5.43 Å². The zero-order chi connectivity index (χ0) is 9.14. The van der Waals surface area contributed by atoms with Crippen molar-refractivity contribution in [2.24, 2.45) is 5.84 Å². The molecular weight excluding hydrogens is 152 g/mol. The molecule has 0 aromatic carbocycles. The van der Waals surface area contributed by atoms with Gasteiger partial charge >= 0.3 is 0 Å². The average molecular weight is 166 g/mol. The maximum Gasteiger partial charge on any atom is 0.143 e. The Morgan fingerprint density at radius 1 is 1.42 bits per heavy atom. The summed E-state index contributed by atoms with van der Waals surface area (Å²) in [5.74, 6) is 7.07. The minimum Gasteiger partial charge on any atom is -0.308 e. The summed E-state index contributed by atoms with van der Waals surface area (Å²) in [6.07, 6.45) is 0. The summed E-state index contributed by atoms with van der Waals surface area (Å²) >= 11 is 0. The molecule has 0 aliphatic rings. The number of nitrogens with one attached hydrogen (secondary N) is 1. The van der Waals surface area contributed by atoms with Gasteiger partial charge in [0.1, 0.15) is 11.6 Å². The monoisotopic (exact) mass is 166 g/mol. The number of hydrogen-bond donors (Lipinski definition) is 2. The van der Waals surface area contributed by atoms with Crippen LogP contribution in [0.25, 0.3) is 0 Å². The smallest absolute Gasteiger partial charge is 0.143 e. The third-order valence-electron chi connectivity index (χ3n) is 1.54. The second-order valence-corrected chi connectivity index (χ2v) is 3.05. The van der Waals surface area contributed by atoms with E-state index in [0.29, 0.717) is 11.7 Å². The highest BCUT2D eigenvalue weighted by Crippen LogP contribution is 2.12. The van der Waals surface area contributed by atoms with Crippen molar-refractivity contribution < 1.29 is 0 Å². The van der Waals surface area contributed by atoms with Gasteiger partial charge in [-0.25, -0.2) is 15.8 Å². The normalized spacial score (nSPS) is 10.4. The van der Waals surface area contributed by atoms with Crippen molar-refractivity contribution >= 4 is 5.82 Å². The van der Waals surface area contributed by atoms with Crippen LogP contribution in [-0.2, 0) is 0 Å². The number of hydrogen-bond acceptors (Lipinski definition) is 4. The summed E-state index contributed by atoms with van der Waals surface area (Å²) in [5.41, 5.74) is 3.44. The second-order valence-electron chi connectivity index (χ2n) is 3.05. The van der Waals surface area contributed by atoms with Gasteiger partial charge in [-0.3, -0.25) is 0 Å². The molecule has 1 aromatic rings. The molecule has 0 aliphatic heterocycles. The lowest BCUT2D eigenvalue weighted by Gasteiger charge is -2.06. The summed E-state index contributed by atoms with van der Waals surface area (Å²) in [5, 5.41) is 0. The lowest BCUT2D eigenvalue weighted by molar-refractivity contribution is 0.767. The van der Waals surface area contributed by atoms with Crippen LogP contribution in [-0.4, -0.2) is 9.97 Å². The van der Waals surface area contributed by atoms with Gasteiger partial charge in [0.05, 0.1) is 0 Å². The van der Waals surface area contributed by atoms with Crippen molar-refractivity contribution in [3.63, 3.8) is 0 Å². The number of hydrazine groups is 1. The quantitative estimate of drug-likeness (QED) is 0.511. The molecule has 1 heterocycles. The third kappa shape index (κ3) is 1.92. The van der Waals surface area contributed by atoms with E-state index >= 15 is 0 Å². The predicted molar refractivity (Wildman–Crippen MR) is 48.7 cm³/mol. The molecule has 4 heteroatoms. The van der Waals surface area contributed by atoms with Gasteiger partial charge in [0, 0.05) is 17.7 Å². The number of anilines is 1. The van der Waals surface area contributed by atoms with E-state index in [4.69, 9.17) is 5.84 Å². The summed E-state index contributed by atoms with van der Waals surface area (Å²) in [6.45, 7) is 6.03. The number of aromatic nitrogens is 2. The maximum absolute atomic E-state index is 5.25. The zero-order valence-corrected chi connectivity index (χ0v) is 7.63. The first-order valence-corrected chi connectivity index (χ1v) is 3.95. The molecule has 12 heavy (non-hydrogen) atoms. The molecule has 0 unspecified atom stereocenters. The zero-order valence-electron chi connectivity index (χ0n) is 7.63. The molecule has 0 saturated carbocycles. The SMILES string of the molecule is Cc1cc(NN)nc(C(C)C)n1. The van der Waals surface area contributed by atoms with Crippen LogP contribution < -0.4 is 11.3 Å². The first-order chi connectivity index (χ1) is 5.63. The second kappa shape index (κ2) is 3.49. The van der Waals surface area contributed by atoms with E-state index in [2.05, 4.69) is 29.2 Å². The molecule has 0 amide bonds. The highest BCUT2D eigenvalue weighted by Gasteiger charge is 2.04. The molecule has 1 aromatic heterocycles. The lowest BCUT2D eigenvalue weighted by atomic mass is 10.2. The van der Waals surface area contributed by atoms with Gasteiger partial charge in [-0.2, -0.15) is 0 Å². The van der Waals surface area contributed by atoms with Crippen molar-refractivity contribution in [1.29, 1.82) is 0 Å². The van der Waals surface area contributed by atoms with Crippen molar-refractivity contribution in [2.45, 2.75) is 26.7 Å². The van der Waals surface area contributed by atoms with Crippen molar-refractivity contribution in [2.75, 3.05) is 5.43 Å². The summed E-state index contributed by atoms with van der Waals surface area (Å²) < 4.78 is 0. The molecule has 0 bridgehead atoms. The van der Waals surface area contributed by atoms with Crippen molar-refractivity contribution in [3.05, 3.63) is 17.6 Å². The highest BCUT2D eigenvalue weighted by atomic mass is 15.3. The van der Waals surface area contributed by atoms with Crippen molar-refractivity contribution in [1.82, 2.24) is 9.97 Å². The molecule has 66 valence electrons. The number of nitrogens with zero attached hydrogens (tertiary/aromatic N) is 2. The Bertz CT molecular complexity index is 270. The molecule has 4 nitrogen and oxygen atoms in total. The van der Waals surface area contributed by atoms with Gasteiger partial charge in [0.2, 0.25) is 0 Å². The summed E-state index contributed by atoms with van der Waals surface area (Å²) in [4.78, 5) is 8.48. The summed E-state index contributed by atoms with van der Waals surface area (Å²) in [7, 11) is 0. The fourth-order valence-electron chi connectivity index (χ4n) is 0.924. The molecule has 0 radical (unpaired) electrons. The molecule has 0 spiro atoms. The topological polar surface area (TPSA) is 63.8 Å². The number of aryl methyl sites for hydroxylation is 1. The van der Waals surface area contributed by atoms with Crippen LogP contribution in [0.1, 0.15) is 31.3 Å². The van der Waals surface area contributed by atoms with E-state index in [0.717, 1.165) is 11.5 Å². The van der Waals surface area contributed by atoms with E-state index < -0.39 is 0 Å². The minimum absolute atomic E-state index is 0.331. The lowest BCUT2D eigenvalue weighted by Crippen LogP contribution is -2.11. The van der Waals surface area contributed by atoms with Gasteiger partial charge in [-0.1, -0.05) is 13.8 Å². The molecule has 3 N–H and O–H groups in total. The standard InChI is InChI=1S/C8H14N4/c1-5(2)8-10-6(3)4-7(11-8)12-9/h4-5H,9H2,1-3H3,(H,10,11,12). The summed E-state index contributed by atoms with van der Waals surface area (Å²) in [6, 6.07) is 1.81. The van der Waals surface area contributed by atoms with E-state index in [1.54, 1.807) is 0 Å². The Kier molecular flexibility index (Phi) is 2.60.